The first-order valence-electron chi connectivity index (χ1n) is 9.03. The minimum atomic E-state index is -0.279. The summed E-state index contributed by atoms with van der Waals surface area (Å²) in [7, 11) is 0. The molecule has 0 spiro atoms. The first-order valence-corrected chi connectivity index (χ1v) is 9.91. The second-order valence-electron chi connectivity index (χ2n) is 6.22. The fraction of sp³-hybridized carbons (Fsp3) is 0.421. The Bertz CT molecular complexity index is 815. The van der Waals surface area contributed by atoms with Crippen molar-refractivity contribution in [3.63, 3.8) is 0 Å². The van der Waals surface area contributed by atoms with Gasteiger partial charge in [-0.05, 0) is 31.0 Å². The van der Waals surface area contributed by atoms with Gasteiger partial charge in [0.25, 0.3) is 5.91 Å². The van der Waals surface area contributed by atoms with Gasteiger partial charge >= 0.3 is 0 Å². The second kappa shape index (κ2) is 8.85. The molecule has 0 bridgehead atoms. The van der Waals surface area contributed by atoms with E-state index >= 15 is 0 Å². The van der Waals surface area contributed by atoms with Gasteiger partial charge in [0.2, 0.25) is 12.7 Å². The molecule has 0 fully saturated rings. The van der Waals surface area contributed by atoms with E-state index < -0.39 is 0 Å². The van der Waals surface area contributed by atoms with Crippen LogP contribution in [0, 0.1) is 0 Å². The number of rotatable bonds is 8. The number of carbonyl (C=O) groups excluding carboxylic acids is 2. The molecular weight excluding hydrogens is 366 g/mol. The molecule has 7 nitrogen and oxygen atoms in total. The highest BCUT2D eigenvalue weighted by atomic mass is 32.1. The Hall–Kier alpha value is -2.61. The lowest BCUT2D eigenvalue weighted by molar-refractivity contribution is -0.130. The van der Waals surface area contributed by atoms with Crippen molar-refractivity contribution in [2.24, 2.45) is 0 Å². The number of benzene rings is 1. The molecule has 1 aromatic heterocycles. The molecule has 2 aromatic rings. The summed E-state index contributed by atoms with van der Waals surface area (Å²) in [6.07, 6.45) is 2.11. The van der Waals surface area contributed by atoms with Crippen LogP contribution < -0.4 is 14.8 Å². The van der Waals surface area contributed by atoms with Gasteiger partial charge in [-0.2, -0.15) is 0 Å². The van der Waals surface area contributed by atoms with E-state index in [4.69, 9.17) is 9.47 Å². The maximum absolute atomic E-state index is 12.4. The van der Waals surface area contributed by atoms with Gasteiger partial charge in [0, 0.05) is 24.0 Å². The molecule has 3 rings (SSSR count). The summed E-state index contributed by atoms with van der Waals surface area (Å²) in [5.74, 6) is 0.974. The highest BCUT2D eigenvalue weighted by Crippen LogP contribution is 2.32. The molecular formula is C19H23N3O4S. The SMILES string of the molecule is CCCN(CCC)C(=O)Cc1csc(NC(=O)c2ccc3c(c2)OCO3)n1. The molecule has 1 N–H and O–H groups in total. The number of nitrogens with zero attached hydrogens (tertiary/aromatic N) is 2. The number of hydrogen-bond donors (Lipinski definition) is 1. The number of thiazole rings is 1. The third-order valence-electron chi connectivity index (χ3n) is 4.08. The van der Waals surface area contributed by atoms with E-state index in [0.29, 0.717) is 27.9 Å². The lowest BCUT2D eigenvalue weighted by Gasteiger charge is -2.20. The fourth-order valence-corrected chi connectivity index (χ4v) is 3.53. The Morgan fingerprint density at radius 2 is 1.93 bits per heavy atom. The summed E-state index contributed by atoms with van der Waals surface area (Å²) in [6.45, 7) is 5.79. The van der Waals surface area contributed by atoms with E-state index in [9.17, 15) is 9.59 Å². The summed E-state index contributed by atoms with van der Waals surface area (Å²) < 4.78 is 10.5. The van der Waals surface area contributed by atoms with Gasteiger partial charge in [-0.15, -0.1) is 11.3 Å². The van der Waals surface area contributed by atoms with E-state index in [1.807, 2.05) is 10.3 Å². The van der Waals surface area contributed by atoms with Crippen LogP contribution in [-0.4, -0.2) is 41.6 Å². The number of anilines is 1. The third kappa shape index (κ3) is 4.77. The minimum Gasteiger partial charge on any atom is -0.454 e. The van der Waals surface area contributed by atoms with Gasteiger partial charge in [0.05, 0.1) is 12.1 Å². The number of carbonyl (C=O) groups is 2. The van der Waals surface area contributed by atoms with Gasteiger partial charge in [0.15, 0.2) is 16.6 Å². The summed E-state index contributed by atoms with van der Waals surface area (Å²) >= 11 is 1.31. The van der Waals surface area contributed by atoms with Crippen LogP contribution in [0.15, 0.2) is 23.6 Å². The molecule has 0 saturated carbocycles. The highest BCUT2D eigenvalue weighted by Gasteiger charge is 2.18. The van der Waals surface area contributed by atoms with Crippen LogP contribution in [0.1, 0.15) is 42.7 Å². The zero-order valence-corrected chi connectivity index (χ0v) is 16.3. The van der Waals surface area contributed by atoms with Crippen molar-refractivity contribution >= 4 is 28.3 Å². The monoisotopic (exact) mass is 389 g/mol. The first-order chi connectivity index (χ1) is 13.1. The zero-order chi connectivity index (χ0) is 19.2. The van der Waals surface area contributed by atoms with Crippen molar-refractivity contribution in [3.8, 4) is 11.5 Å². The smallest absolute Gasteiger partial charge is 0.257 e. The van der Waals surface area contributed by atoms with Crippen LogP contribution in [0.5, 0.6) is 11.5 Å². The maximum atomic E-state index is 12.4. The second-order valence-corrected chi connectivity index (χ2v) is 7.08. The van der Waals surface area contributed by atoms with Gasteiger partial charge in [-0.1, -0.05) is 13.8 Å². The van der Waals surface area contributed by atoms with Crippen LogP contribution in [0.4, 0.5) is 5.13 Å². The van der Waals surface area contributed by atoms with Crippen molar-refractivity contribution in [1.29, 1.82) is 0 Å². The maximum Gasteiger partial charge on any atom is 0.257 e. The van der Waals surface area contributed by atoms with Crippen molar-refractivity contribution in [2.75, 3.05) is 25.2 Å². The molecule has 0 radical (unpaired) electrons. The van der Waals surface area contributed by atoms with E-state index in [-0.39, 0.29) is 25.0 Å². The van der Waals surface area contributed by atoms with Crippen LogP contribution in [0.3, 0.4) is 0 Å². The van der Waals surface area contributed by atoms with Gasteiger partial charge in [-0.25, -0.2) is 4.98 Å². The van der Waals surface area contributed by atoms with Crippen molar-refractivity contribution in [2.45, 2.75) is 33.1 Å². The molecule has 1 aromatic carbocycles. The predicted molar refractivity (Wildman–Crippen MR) is 103 cm³/mol. The van der Waals surface area contributed by atoms with Crippen molar-refractivity contribution < 1.29 is 19.1 Å². The summed E-state index contributed by atoms with van der Waals surface area (Å²) in [6, 6.07) is 5.02. The lowest BCUT2D eigenvalue weighted by atomic mass is 10.2. The number of nitrogens with one attached hydrogen (secondary N) is 1. The Balaban J connectivity index is 1.60. The van der Waals surface area contributed by atoms with Crippen LogP contribution in [-0.2, 0) is 11.2 Å². The Kier molecular flexibility index (Phi) is 6.28. The Morgan fingerprint density at radius 3 is 2.67 bits per heavy atom. The van der Waals surface area contributed by atoms with Crippen LogP contribution in [0.25, 0.3) is 0 Å². The number of ether oxygens (including phenoxy) is 2. The van der Waals surface area contributed by atoms with Gasteiger partial charge in [0.1, 0.15) is 0 Å². The third-order valence-corrected chi connectivity index (χ3v) is 4.89. The number of fused-ring (bicyclic) bond motifs is 1. The first kappa shape index (κ1) is 19.2. The molecule has 8 heteroatoms. The molecule has 2 heterocycles. The zero-order valence-electron chi connectivity index (χ0n) is 15.5. The molecule has 1 aliphatic heterocycles. The summed E-state index contributed by atoms with van der Waals surface area (Å²) in [5, 5.41) is 5.05. The topological polar surface area (TPSA) is 80.8 Å². The summed E-state index contributed by atoms with van der Waals surface area (Å²) in [5.41, 5.74) is 1.13. The molecule has 0 unspecified atom stereocenters. The van der Waals surface area contributed by atoms with Crippen molar-refractivity contribution in [1.82, 2.24) is 9.88 Å². The number of amides is 2. The molecule has 2 amide bonds. The van der Waals surface area contributed by atoms with E-state index in [0.717, 1.165) is 25.9 Å². The van der Waals surface area contributed by atoms with Gasteiger partial charge < -0.3 is 14.4 Å². The largest absolute Gasteiger partial charge is 0.454 e. The van der Waals surface area contributed by atoms with Crippen molar-refractivity contribution in [3.05, 3.63) is 34.8 Å². The molecule has 144 valence electrons. The Morgan fingerprint density at radius 1 is 1.19 bits per heavy atom. The quantitative estimate of drug-likeness (QED) is 0.749. The summed E-state index contributed by atoms with van der Waals surface area (Å²) in [4.78, 5) is 31.1. The molecule has 1 aliphatic rings. The highest BCUT2D eigenvalue weighted by molar-refractivity contribution is 7.14. The van der Waals surface area contributed by atoms with Crippen LogP contribution in [0.2, 0.25) is 0 Å². The van der Waals surface area contributed by atoms with Gasteiger partial charge in [-0.3, -0.25) is 14.9 Å². The van der Waals surface area contributed by atoms with E-state index in [1.54, 1.807) is 18.2 Å². The predicted octanol–water partition coefficient (Wildman–Crippen LogP) is 3.32. The standard InChI is InChI=1S/C19H23N3O4S/c1-3-7-22(8-4-2)17(23)10-14-11-27-19(20-14)21-18(24)13-5-6-15-16(9-13)26-12-25-15/h5-6,9,11H,3-4,7-8,10,12H2,1-2H3,(H,20,21,24). The fourth-order valence-electron chi connectivity index (χ4n) is 2.82. The lowest BCUT2D eigenvalue weighted by Crippen LogP contribution is -2.33. The molecule has 27 heavy (non-hydrogen) atoms. The molecule has 0 aliphatic carbocycles. The van der Waals surface area contributed by atoms with E-state index in [1.165, 1.54) is 11.3 Å². The number of aromatic nitrogens is 1. The normalized spacial score (nSPS) is 12.1. The Labute approximate surface area is 162 Å². The minimum absolute atomic E-state index is 0.0673. The number of hydrogen-bond acceptors (Lipinski definition) is 6. The molecule has 0 saturated heterocycles. The average molecular weight is 389 g/mol. The average Bonchev–Trinajstić information content (AvgIpc) is 3.30. The molecule has 0 atom stereocenters. The van der Waals surface area contributed by atoms with Crippen LogP contribution >= 0.6 is 11.3 Å². The van der Waals surface area contributed by atoms with E-state index in [2.05, 4.69) is 24.1 Å².